The van der Waals surface area contributed by atoms with E-state index in [2.05, 4.69) is 54.2 Å². The van der Waals surface area contributed by atoms with Crippen molar-refractivity contribution >= 4 is 15.9 Å². The molecule has 0 radical (unpaired) electrons. The van der Waals surface area contributed by atoms with E-state index < -0.39 is 0 Å². The van der Waals surface area contributed by atoms with E-state index in [0.717, 1.165) is 18.5 Å². The Morgan fingerprint density at radius 3 is 2.19 bits per heavy atom. The molecule has 1 unspecified atom stereocenters. The second-order valence-electron chi connectivity index (χ2n) is 5.41. The third-order valence-electron chi connectivity index (χ3n) is 3.66. The largest absolute Gasteiger partial charge is 0.310 e. The second kappa shape index (κ2) is 7.19. The van der Waals surface area contributed by atoms with Crippen molar-refractivity contribution in [3.05, 3.63) is 68.9 Å². The fourth-order valence-electron chi connectivity index (χ4n) is 2.59. The van der Waals surface area contributed by atoms with Crippen LogP contribution in [0.5, 0.6) is 0 Å². The van der Waals surface area contributed by atoms with Crippen LogP contribution in [-0.2, 0) is 6.42 Å². The molecular formula is C18H21BrFN. The van der Waals surface area contributed by atoms with Gasteiger partial charge in [-0.2, -0.15) is 0 Å². The monoisotopic (exact) mass is 349 g/mol. The number of likely N-dealkylation sites (N-methyl/N-ethyl adjacent to an activating group) is 1. The first-order valence-electron chi connectivity index (χ1n) is 7.25. The molecule has 0 saturated carbocycles. The molecule has 21 heavy (non-hydrogen) atoms. The van der Waals surface area contributed by atoms with E-state index in [0.29, 0.717) is 0 Å². The van der Waals surface area contributed by atoms with Crippen LogP contribution < -0.4 is 5.32 Å². The van der Waals surface area contributed by atoms with Crippen molar-refractivity contribution in [1.82, 2.24) is 5.32 Å². The van der Waals surface area contributed by atoms with Gasteiger partial charge in [-0.3, -0.25) is 0 Å². The normalized spacial score (nSPS) is 12.4. The van der Waals surface area contributed by atoms with Crippen LogP contribution in [0.3, 0.4) is 0 Å². The Balaban J connectivity index is 2.28. The van der Waals surface area contributed by atoms with Crippen LogP contribution >= 0.6 is 15.9 Å². The van der Waals surface area contributed by atoms with E-state index in [-0.39, 0.29) is 11.9 Å². The molecule has 0 fully saturated rings. The summed E-state index contributed by atoms with van der Waals surface area (Å²) < 4.78 is 14.2. The lowest BCUT2D eigenvalue weighted by molar-refractivity contribution is 0.548. The maximum atomic E-state index is 13.0. The van der Waals surface area contributed by atoms with Gasteiger partial charge < -0.3 is 5.32 Å². The highest BCUT2D eigenvalue weighted by molar-refractivity contribution is 9.10. The highest BCUT2D eigenvalue weighted by Gasteiger charge is 2.13. The van der Waals surface area contributed by atoms with Crippen LogP contribution in [0.15, 0.2) is 40.9 Å². The van der Waals surface area contributed by atoms with Crippen molar-refractivity contribution in [3.8, 4) is 0 Å². The van der Waals surface area contributed by atoms with Gasteiger partial charge in [0.1, 0.15) is 5.82 Å². The third kappa shape index (κ3) is 4.14. The van der Waals surface area contributed by atoms with Gasteiger partial charge in [0.15, 0.2) is 0 Å². The van der Waals surface area contributed by atoms with E-state index in [1.807, 2.05) is 12.1 Å². The summed E-state index contributed by atoms with van der Waals surface area (Å²) in [5.74, 6) is -0.186. The van der Waals surface area contributed by atoms with Gasteiger partial charge in [-0.15, -0.1) is 0 Å². The number of hydrogen-bond donors (Lipinski definition) is 1. The van der Waals surface area contributed by atoms with Crippen molar-refractivity contribution in [2.24, 2.45) is 0 Å². The Kier molecular flexibility index (Phi) is 5.54. The van der Waals surface area contributed by atoms with E-state index >= 15 is 0 Å². The van der Waals surface area contributed by atoms with Gasteiger partial charge in [0.25, 0.3) is 0 Å². The van der Waals surface area contributed by atoms with Gasteiger partial charge in [-0.25, -0.2) is 4.39 Å². The average Bonchev–Trinajstić information content (AvgIpc) is 2.46. The predicted octanol–water partition coefficient (Wildman–Crippen LogP) is 5.10. The molecular weight excluding hydrogens is 329 g/mol. The zero-order valence-electron chi connectivity index (χ0n) is 12.7. The number of hydrogen-bond acceptors (Lipinski definition) is 1. The molecule has 0 aromatic heterocycles. The van der Waals surface area contributed by atoms with Crippen molar-refractivity contribution < 1.29 is 4.39 Å². The molecule has 0 amide bonds. The van der Waals surface area contributed by atoms with Gasteiger partial charge in [0.05, 0.1) is 0 Å². The highest BCUT2D eigenvalue weighted by Crippen LogP contribution is 2.27. The number of nitrogens with one attached hydrogen (secondary N) is 1. The number of benzene rings is 2. The SMILES string of the molecule is CCNC(Cc1ccc(F)cc1)c1cc(C)c(Br)c(C)c1. The molecule has 0 aliphatic rings. The molecule has 2 aromatic rings. The molecule has 3 heteroatoms. The molecule has 0 bridgehead atoms. The molecule has 2 aromatic carbocycles. The quantitative estimate of drug-likeness (QED) is 0.791. The molecule has 0 saturated heterocycles. The number of aryl methyl sites for hydroxylation is 2. The Morgan fingerprint density at radius 2 is 1.67 bits per heavy atom. The Morgan fingerprint density at radius 1 is 1.10 bits per heavy atom. The zero-order valence-corrected chi connectivity index (χ0v) is 14.3. The Bertz CT molecular complexity index is 584. The third-order valence-corrected chi connectivity index (χ3v) is 4.92. The zero-order chi connectivity index (χ0) is 15.4. The lowest BCUT2D eigenvalue weighted by atomic mass is 9.96. The highest BCUT2D eigenvalue weighted by atomic mass is 79.9. The average molecular weight is 350 g/mol. The lowest BCUT2D eigenvalue weighted by Gasteiger charge is -2.20. The van der Waals surface area contributed by atoms with Crippen LogP contribution in [0.25, 0.3) is 0 Å². The van der Waals surface area contributed by atoms with Crippen molar-refractivity contribution in [3.63, 3.8) is 0 Å². The molecule has 0 aliphatic heterocycles. The summed E-state index contributed by atoms with van der Waals surface area (Å²) in [6.45, 7) is 7.24. The van der Waals surface area contributed by atoms with Crippen LogP contribution in [0.1, 0.15) is 35.2 Å². The first-order chi connectivity index (χ1) is 10.0. The molecule has 0 spiro atoms. The van der Waals surface area contributed by atoms with E-state index in [1.165, 1.54) is 33.3 Å². The minimum Gasteiger partial charge on any atom is -0.310 e. The van der Waals surface area contributed by atoms with E-state index in [9.17, 15) is 4.39 Å². The number of rotatable bonds is 5. The smallest absolute Gasteiger partial charge is 0.123 e. The molecule has 0 heterocycles. The summed E-state index contributed by atoms with van der Waals surface area (Å²) >= 11 is 3.61. The van der Waals surface area contributed by atoms with Crippen molar-refractivity contribution in [1.29, 1.82) is 0 Å². The fourth-order valence-corrected chi connectivity index (χ4v) is 2.82. The summed E-state index contributed by atoms with van der Waals surface area (Å²) in [5, 5.41) is 3.53. The summed E-state index contributed by atoms with van der Waals surface area (Å²) in [7, 11) is 0. The van der Waals surface area contributed by atoms with E-state index in [1.54, 1.807) is 0 Å². The van der Waals surface area contributed by atoms with Crippen LogP contribution in [0.2, 0.25) is 0 Å². The lowest BCUT2D eigenvalue weighted by Crippen LogP contribution is -2.23. The first kappa shape index (κ1) is 16.2. The molecule has 1 nitrogen and oxygen atoms in total. The summed E-state index contributed by atoms with van der Waals surface area (Å²) in [5.41, 5.74) is 4.90. The maximum absolute atomic E-state index is 13.0. The topological polar surface area (TPSA) is 12.0 Å². The molecule has 2 rings (SSSR count). The van der Waals surface area contributed by atoms with Gasteiger partial charge in [0, 0.05) is 10.5 Å². The summed E-state index contributed by atoms with van der Waals surface area (Å²) in [4.78, 5) is 0. The van der Waals surface area contributed by atoms with Crippen molar-refractivity contribution in [2.45, 2.75) is 33.2 Å². The predicted molar refractivity (Wildman–Crippen MR) is 90.1 cm³/mol. The van der Waals surface area contributed by atoms with Crippen molar-refractivity contribution in [2.75, 3.05) is 6.54 Å². The van der Waals surface area contributed by atoms with E-state index in [4.69, 9.17) is 0 Å². The second-order valence-corrected chi connectivity index (χ2v) is 6.20. The first-order valence-corrected chi connectivity index (χ1v) is 8.05. The minimum atomic E-state index is -0.186. The number of halogens is 2. The van der Waals surface area contributed by atoms with Crippen LogP contribution in [0.4, 0.5) is 4.39 Å². The van der Waals surface area contributed by atoms with Gasteiger partial charge in [-0.1, -0.05) is 47.1 Å². The van der Waals surface area contributed by atoms with Gasteiger partial charge in [-0.05, 0) is 61.2 Å². The molecule has 1 atom stereocenters. The summed E-state index contributed by atoms with van der Waals surface area (Å²) in [6.07, 6.45) is 0.856. The molecule has 0 aliphatic carbocycles. The molecule has 112 valence electrons. The fraction of sp³-hybridized carbons (Fsp3) is 0.333. The standard InChI is InChI=1S/C18H21BrFN/c1-4-21-17(11-14-5-7-16(20)8-6-14)15-9-12(2)18(19)13(3)10-15/h5-10,17,21H,4,11H2,1-3H3. The minimum absolute atomic E-state index is 0.186. The van der Waals surface area contributed by atoms with Crippen LogP contribution in [-0.4, -0.2) is 6.54 Å². The Labute approximate surface area is 134 Å². The maximum Gasteiger partial charge on any atom is 0.123 e. The van der Waals surface area contributed by atoms with Gasteiger partial charge >= 0.3 is 0 Å². The Hall–Kier alpha value is -1.19. The summed E-state index contributed by atoms with van der Waals surface area (Å²) in [6, 6.07) is 11.4. The van der Waals surface area contributed by atoms with Gasteiger partial charge in [0.2, 0.25) is 0 Å². The van der Waals surface area contributed by atoms with Crippen LogP contribution in [0, 0.1) is 19.7 Å². The molecule has 1 N–H and O–H groups in total.